The standard InChI is InChI=1S/C22H24N2O5/c1-28-18-10-14-7-9-24(17(12-20(25)26)16(14)11-19(18)29-2)22(27)15-6-5-13-4-3-8-23-21(13)15/h3-4,8,10-11,15,17H,5-7,9,12H2,1-2H3,(H,25,26). The second-order valence-electron chi connectivity index (χ2n) is 7.44. The lowest BCUT2D eigenvalue weighted by Crippen LogP contribution is -2.43. The van der Waals surface area contributed by atoms with Crippen LogP contribution in [0, 0.1) is 0 Å². The zero-order chi connectivity index (χ0) is 20.5. The number of aryl methyl sites for hydroxylation is 1. The van der Waals surface area contributed by atoms with E-state index in [-0.39, 0.29) is 18.2 Å². The number of amides is 1. The van der Waals surface area contributed by atoms with E-state index in [0.717, 1.165) is 28.8 Å². The molecule has 1 aromatic heterocycles. The van der Waals surface area contributed by atoms with E-state index in [2.05, 4.69) is 4.98 Å². The molecular weight excluding hydrogens is 372 g/mol. The highest BCUT2D eigenvalue weighted by molar-refractivity contribution is 5.86. The predicted molar refractivity (Wildman–Crippen MR) is 105 cm³/mol. The molecule has 152 valence electrons. The van der Waals surface area contributed by atoms with Crippen LogP contribution in [0.5, 0.6) is 11.5 Å². The Morgan fingerprint density at radius 3 is 2.66 bits per heavy atom. The first-order valence-corrected chi connectivity index (χ1v) is 9.74. The Hall–Kier alpha value is -3.09. The molecule has 7 heteroatoms. The molecule has 29 heavy (non-hydrogen) atoms. The summed E-state index contributed by atoms with van der Waals surface area (Å²) in [6.07, 6.45) is 3.72. The molecule has 2 heterocycles. The summed E-state index contributed by atoms with van der Waals surface area (Å²) < 4.78 is 10.8. The fourth-order valence-corrected chi connectivity index (χ4v) is 4.53. The van der Waals surface area contributed by atoms with Crippen LogP contribution in [0.15, 0.2) is 30.5 Å². The smallest absolute Gasteiger partial charge is 0.305 e. The zero-order valence-corrected chi connectivity index (χ0v) is 16.6. The molecule has 7 nitrogen and oxygen atoms in total. The van der Waals surface area contributed by atoms with Crippen LogP contribution < -0.4 is 9.47 Å². The van der Waals surface area contributed by atoms with Gasteiger partial charge in [0.15, 0.2) is 11.5 Å². The van der Waals surface area contributed by atoms with Crippen LogP contribution in [0.4, 0.5) is 0 Å². The number of carbonyl (C=O) groups is 2. The number of hydrogen-bond donors (Lipinski definition) is 1. The first kappa shape index (κ1) is 19.2. The zero-order valence-electron chi connectivity index (χ0n) is 16.6. The number of fused-ring (bicyclic) bond motifs is 2. The number of aromatic nitrogens is 1. The van der Waals surface area contributed by atoms with Crippen LogP contribution in [0.1, 0.15) is 47.2 Å². The molecule has 0 fully saturated rings. The van der Waals surface area contributed by atoms with Crippen LogP contribution in [0.25, 0.3) is 0 Å². The first-order valence-electron chi connectivity index (χ1n) is 9.74. The molecule has 0 saturated heterocycles. The van der Waals surface area contributed by atoms with Crippen molar-refractivity contribution in [2.75, 3.05) is 20.8 Å². The topological polar surface area (TPSA) is 89.0 Å². The SMILES string of the molecule is COc1cc2c(cc1OC)C(CC(=O)O)N(C(=O)C1CCc3cccnc31)CC2. The molecule has 1 aromatic carbocycles. The maximum atomic E-state index is 13.5. The molecular formula is C22H24N2O5. The van der Waals surface area contributed by atoms with Gasteiger partial charge in [-0.1, -0.05) is 6.07 Å². The van der Waals surface area contributed by atoms with Gasteiger partial charge >= 0.3 is 5.97 Å². The summed E-state index contributed by atoms with van der Waals surface area (Å²) >= 11 is 0. The molecule has 2 unspecified atom stereocenters. The lowest BCUT2D eigenvalue weighted by atomic mass is 9.88. The normalized spacial score (nSPS) is 20.0. The van der Waals surface area contributed by atoms with E-state index in [1.807, 2.05) is 24.3 Å². The molecule has 0 saturated carbocycles. The third-order valence-corrected chi connectivity index (χ3v) is 5.91. The lowest BCUT2D eigenvalue weighted by Gasteiger charge is -2.38. The fraction of sp³-hybridized carbons (Fsp3) is 0.409. The van der Waals surface area contributed by atoms with Crippen molar-refractivity contribution in [3.63, 3.8) is 0 Å². The first-order chi connectivity index (χ1) is 14.0. The summed E-state index contributed by atoms with van der Waals surface area (Å²) in [5.41, 5.74) is 3.72. The van der Waals surface area contributed by atoms with E-state index in [1.165, 1.54) is 0 Å². The molecule has 4 rings (SSSR count). The van der Waals surface area contributed by atoms with Crippen LogP contribution >= 0.6 is 0 Å². The minimum absolute atomic E-state index is 0.0471. The largest absolute Gasteiger partial charge is 0.493 e. The van der Waals surface area contributed by atoms with E-state index in [4.69, 9.17) is 9.47 Å². The van der Waals surface area contributed by atoms with E-state index >= 15 is 0 Å². The van der Waals surface area contributed by atoms with Gasteiger partial charge in [0.25, 0.3) is 0 Å². The number of aliphatic carboxylic acids is 1. The molecule has 1 N–H and O–H groups in total. The Balaban J connectivity index is 1.71. The van der Waals surface area contributed by atoms with Crippen molar-refractivity contribution < 1.29 is 24.2 Å². The molecule has 1 aliphatic carbocycles. The molecule has 2 atom stereocenters. The molecule has 0 bridgehead atoms. The second-order valence-corrected chi connectivity index (χ2v) is 7.44. The monoisotopic (exact) mass is 396 g/mol. The van der Waals surface area contributed by atoms with Crippen LogP contribution in [0.2, 0.25) is 0 Å². The Labute approximate surface area is 169 Å². The Morgan fingerprint density at radius 2 is 1.93 bits per heavy atom. The number of carbonyl (C=O) groups excluding carboxylic acids is 1. The van der Waals surface area contributed by atoms with Crippen LogP contribution in [0.3, 0.4) is 0 Å². The summed E-state index contributed by atoms with van der Waals surface area (Å²) in [6.45, 7) is 0.470. The Bertz CT molecular complexity index is 958. The van der Waals surface area contributed by atoms with Gasteiger partial charge in [0, 0.05) is 12.7 Å². The third kappa shape index (κ3) is 3.41. The van der Waals surface area contributed by atoms with Crippen LogP contribution in [-0.4, -0.2) is 47.6 Å². The van der Waals surface area contributed by atoms with Gasteiger partial charge in [0.1, 0.15) is 0 Å². The van der Waals surface area contributed by atoms with Gasteiger partial charge in [-0.15, -0.1) is 0 Å². The maximum Gasteiger partial charge on any atom is 0.305 e. The summed E-state index contributed by atoms with van der Waals surface area (Å²) in [4.78, 5) is 31.3. The molecule has 2 aliphatic rings. The van der Waals surface area contributed by atoms with Gasteiger partial charge in [-0.3, -0.25) is 14.6 Å². The molecule has 0 radical (unpaired) electrons. The molecule has 1 amide bonds. The van der Waals surface area contributed by atoms with Crippen LogP contribution in [-0.2, 0) is 22.4 Å². The summed E-state index contributed by atoms with van der Waals surface area (Å²) in [5, 5.41) is 9.53. The molecule has 0 spiro atoms. The number of methoxy groups -OCH3 is 2. The summed E-state index contributed by atoms with van der Waals surface area (Å²) in [5.74, 6) is -0.170. The Morgan fingerprint density at radius 1 is 1.17 bits per heavy atom. The van der Waals surface area contributed by atoms with Crippen molar-refractivity contribution >= 4 is 11.9 Å². The summed E-state index contributed by atoms with van der Waals surface area (Å²) in [7, 11) is 3.12. The van der Waals surface area contributed by atoms with E-state index in [1.54, 1.807) is 25.3 Å². The number of rotatable bonds is 5. The average Bonchev–Trinajstić information content (AvgIpc) is 3.16. The number of carboxylic acid groups (broad SMARTS) is 1. The number of carboxylic acids is 1. The number of pyridine rings is 1. The van der Waals surface area contributed by atoms with Gasteiger partial charge < -0.3 is 19.5 Å². The number of ether oxygens (including phenoxy) is 2. The fourth-order valence-electron chi connectivity index (χ4n) is 4.53. The lowest BCUT2D eigenvalue weighted by molar-refractivity contribution is -0.142. The van der Waals surface area contributed by atoms with Crippen molar-refractivity contribution in [3.8, 4) is 11.5 Å². The number of nitrogens with zero attached hydrogens (tertiary/aromatic N) is 2. The van der Waals surface area contributed by atoms with Gasteiger partial charge in [0.2, 0.25) is 5.91 Å². The van der Waals surface area contributed by atoms with Gasteiger partial charge in [0.05, 0.1) is 38.3 Å². The van der Waals surface area contributed by atoms with Crippen molar-refractivity contribution in [2.45, 2.75) is 37.6 Å². The maximum absolute atomic E-state index is 13.5. The predicted octanol–water partition coefficient (Wildman–Crippen LogP) is 2.73. The van der Waals surface area contributed by atoms with Crippen molar-refractivity contribution in [1.29, 1.82) is 0 Å². The van der Waals surface area contributed by atoms with E-state index < -0.39 is 12.0 Å². The van der Waals surface area contributed by atoms with Gasteiger partial charge in [-0.05, 0) is 54.2 Å². The Kier molecular flexibility index (Phi) is 5.13. The summed E-state index contributed by atoms with van der Waals surface area (Å²) in [6, 6.07) is 7.04. The molecule has 2 aromatic rings. The minimum atomic E-state index is -0.944. The highest BCUT2D eigenvalue weighted by atomic mass is 16.5. The van der Waals surface area contributed by atoms with E-state index in [0.29, 0.717) is 30.9 Å². The third-order valence-electron chi connectivity index (χ3n) is 5.91. The van der Waals surface area contributed by atoms with E-state index in [9.17, 15) is 14.7 Å². The highest BCUT2D eigenvalue weighted by Gasteiger charge is 2.39. The van der Waals surface area contributed by atoms with Crippen molar-refractivity contribution in [1.82, 2.24) is 9.88 Å². The van der Waals surface area contributed by atoms with Gasteiger partial charge in [-0.25, -0.2) is 0 Å². The number of benzene rings is 1. The highest BCUT2D eigenvalue weighted by Crippen LogP contribution is 2.42. The number of hydrogen-bond acceptors (Lipinski definition) is 5. The average molecular weight is 396 g/mol. The minimum Gasteiger partial charge on any atom is -0.493 e. The van der Waals surface area contributed by atoms with Crippen molar-refractivity contribution in [3.05, 3.63) is 52.8 Å². The van der Waals surface area contributed by atoms with Gasteiger partial charge in [-0.2, -0.15) is 0 Å². The molecule has 1 aliphatic heterocycles. The quantitative estimate of drug-likeness (QED) is 0.836. The van der Waals surface area contributed by atoms with Crippen molar-refractivity contribution in [2.24, 2.45) is 0 Å². The second kappa shape index (κ2) is 7.73.